The number of rotatable bonds is 4. The number of alkyl halides is 2. The molecule has 0 aliphatic heterocycles. The summed E-state index contributed by atoms with van der Waals surface area (Å²) in [5, 5.41) is 4.07. The molecule has 1 aliphatic rings. The van der Waals surface area contributed by atoms with Gasteiger partial charge in [0, 0.05) is 66.4 Å². The number of pyridine rings is 2. The van der Waals surface area contributed by atoms with E-state index in [0.29, 0.717) is 19.4 Å². The molecule has 4 heterocycles. The van der Waals surface area contributed by atoms with Gasteiger partial charge in [-0.15, -0.1) is 0 Å². The largest absolute Gasteiger partial charge is 0.361 e. The smallest absolute Gasteiger partial charge is 0.248 e. The first-order valence-corrected chi connectivity index (χ1v) is 10.6. The third kappa shape index (κ3) is 3.73. The fraction of sp³-hybridized carbons (Fsp3) is 0.375. The molecule has 160 valence electrons. The van der Waals surface area contributed by atoms with Crippen molar-refractivity contribution in [1.82, 2.24) is 19.7 Å². The van der Waals surface area contributed by atoms with Crippen LogP contribution in [0.1, 0.15) is 37.1 Å². The van der Waals surface area contributed by atoms with Gasteiger partial charge in [-0.1, -0.05) is 11.2 Å². The molecule has 0 bridgehead atoms. The summed E-state index contributed by atoms with van der Waals surface area (Å²) in [4.78, 5) is 9.04. The van der Waals surface area contributed by atoms with Gasteiger partial charge in [-0.05, 0) is 44.7 Å². The fourth-order valence-corrected chi connectivity index (χ4v) is 4.64. The number of halogens is 2. The number of aromatic nitrogens is 4. The van der Waals surface area contributed by atoms with Gasteiger partial charge in [-0.25, -0.2) is 8.78 Å². The van der Waals surface area contributed by atoms with E-state index in [9.17, 15) is 8.78 Å². The maximum Gasteiger partial charge on any atom is 0.248 e. The van der Waals surface area contributed by atoms with E-state index >= 15 is 0 Å². The van der Waals surface area contributed by atoms with Crippen LogP contribution < -0.4 is 0 Å². The maximum absolute atomic E-state index is 13.6. The van der Waals surface area contributed by atoms with Crippen molar-refractivity contribution >= 4 is 11.0 Å². The van der Waals surface area contributed by atoms with Gasteiger partial charge >= 0.3 is 0 Å². The van der Waals surface area contributed by atoms with E-state index in [1.165, 1.54) is 0 Å². The summed E-state index contributed by atoms with van der Waals surface area (Å²) in [5.41, 5.74) is 6.55. The highest BCUT2D eigenvalue weighted by molar-refractivity contribution is 5.94. The molecule has 0 N–H and O–H groups in total. The lowest BCUT2D eigenvalue weighted by molar-refractivity contribution is -0.0472. The Balaban J connectivity index is 1.60. The van der Waals surface area contributed by atoms with E-state index < -0.39 is 5.92 Å². The van der Waals surface area contributed by atoms with Crippen LogP contribution in [0.15, 0.2) is 47.5 Å². The lowest BCUT2D eigenvalue weighted by Gasteiger charge is -2.28. The monoisotopic (exact) mass is 422 g/mol. The summed E-state index contributed by atoms with van der Waals surface area (Å²) in [5.74, 6) is -1.55. The van der Waals surface area contributed by atoms with E-state index in [4.69, 9.17) is 9.51 Å². The second-order valence-corrected chi connectivity index (χ2v) is 8.53. The van der Waals surface area contributed by atoms with Crippen molar-refractivity contribution < 1.29 is 13.3 Å². The van der Waals surface area contributed by atoms with Crippen molar-refractivity contribution in [1.29, 1.82) is 0 Å². The van der Waals surface area contributed by atoms with Crippen molar-refractivity contribution in [2.45, 2.75) is 52.0 Å². The molecule has 0 radical (unpaired) electrons. The van der Waals surface area contributed by atoms with E-state index in [0.717, 1.165) is 44.7 Å². The quantitative estimate of drug-likeness (QED) is 0.393. The molecule has 5 rings (SSSR count). The molecule has 0 atom stereocenters. The second-order valence-electron chi connectivity index (χ2n) is 8.53. The maximum atomic E-state index is 13.6. The summed E-state index contributed by atoms with van der Waals surface area (Å²) in [6.45, 7) is 4.50. The minimum atomic E-state index is -2.52. The Morgan fingerprint density at radius 3 is 2.65 bits per heavy atom. The zero-order valence-corrected chi connectivity index (χ0v) is 17.6. The van der Waals surface area contributed by atoms with Crippen molar-refractivity contribution in [3.63, 3.8) is 0 Å². The summed E-state index contributed by atoms with van der Waals surface area (Å²) >= 11 is 0. The minimum Gasteiger partial charge on any atom is -0.361 e. The summed E-state index contributed by atoms with van der Waals surface area (Å²) < 4.78 is 34.8. The molecule has 1 fully saturated rings. The molecule has 1 saturated carbocycles. The summed E-state index contributed by atoms with van der Waals surface area (Å²) in [6.07, 6.45) is 8.50. The van der Waals surface area contributed by atoms with Crippen LogP contribution in [0, 0.1) is 19.8 Å². The van der Waals surface area contributed by atoms with Crippen LogP contribution in [-0.4, -0.2) is 25.6 Å². The van der Waals surface area contributed by atoms with Crippen LogP contribution in [-0.2, 0) is 6.54 Å². The van der Waals surface area contributed by atoms with Gasteiger partial charge in [0.1, 0.15) is 5.76 Å². The van der Waals surface area contributed by atoms with E-state index in [1.807, 2.05) is 38.4 Å². The van der Waals surface area contributed by atoms with Gasteiger partial charge in [-0.2, -0.15) is 0 Å². The first-order chi connectivity index (χ1) is 14.9. The zero-order chi connectivity index (χ0) is 21.6. The Labute approximate surface area is 179 Å². The number of hydrogen-bond acceptors (Lipinski definition) is 4. The topological polar surface area (TPSA) is 56.7 Å². The standard InChI is InChI=1S/C24H24F2N4O/c1-15-22(16(2)31-29-15)19-10-21-23(28-12-19)20(18-4-3-9-27-11-18)14-30(21)13-17-5-7-24(25,26)8-6-17/h3-4,9-12,14,17H,5-8,13H2,1-2H3. The molecule has 0 aromatic carbocycles. The molecule has 4 aromatic heterocycles. The number of hydrogen-bond donors (Lipinski definition) is 0. The zero-order valence-electron chi connectivity index (χ0n) is 17.6. The van der Waals surface area contributed by atoms with Crippen LogP contribution >= 0.6 is 0 Å². The van der Waals surface area contributed by atoms with Gasteiger partial charge in [0.2, 0.25) is 5.92 Å². The first-order valence-electron chi connectivity index (χ1n) is 10.6. The van der Waals surface area contributed by atoms with Crippen LogP contribution in [0.5, 0.6) is 0 Å². The molecular formula is C24H24F2N4O. The number of fused-ring (bicyclic) bond motifs is 1. The third-order valence-electron chi connectivity index (χ3n) is 6.30. The Kier molecular flexibility index (Phi) is 4.84. The Hall–Kier alpha value is -3.09. The van der Waals surface area contributed by atoms with Crippen molar-refractivity contribution in [2.24, 2.45) is 5.92 Å². The molecule has 5 nitrogen and oxygen atoms in total. The highest BCUT2D eigenvalue weighted by Gasteiger charge is 2.35. The Morgan fingerprint density at radius 1 is 1.16 bits per heavy atom. The average molecular weight is 422 g/mol. The molecule has 1 aliphatic carbocycles. The highest BCUT2D eigenvalue weighted by atomic mass is 19.3. The second kappa shape index (κ2) is 7.55. The molecule has 31 heavy (non-hydrogen) atoms. The van der Waals surface area contributed by atoms with Crippen molar-refractivity contribution in [3.05, 3.63) is 54.4 Å². The fourth-order valence-electron chi connectivity index (χ4n) is 4.64. The van der Waals surface area contributed by atoms with Crippen molar-refractivity contribution in [3.8, 4) is 22.3 Å². The van der Waals surface area contributed by atoms with Gasteiger partial charge in [-0.3, -0.25) is 9.97 Å². The van der Waals surface area contributed by atoms with E-state index in [-0.39, 0.29) is 18.8 Å². The van der Waals surface area contributed by atoms with E-state index in [1.54, 1.807) is 6.20 Å². The van der Waals surface area contributed by atoms with Crippen LogP contribution in [0.25, 0.3) is 33.3 Å². The molecule has 4 aromatic rings. The van der Waals surface area contributed by atoms with Crippen LogP contribution in [0.3, 0.4) is 0 Å². The molecule has 0 spiro atoms. The number of aryl methyl sites for hydroxylation is 2. The van der Waals surface area contributed by atoms with Gasteiger partial charge in [0.15, 0.2) is 0 Å². The third-order valence-corrected chi connectivity index (χ3v) is 6.30. The summed E-state index contributed by atoms with van der Waals surface area (Å²) in [7, 11) is 0. The lowest BCUT2D eigenvalue weighted by atomic mass is 9.87. The Bertz CT molecular complexity index is 1200. The Morgan fingerprint density at radius 2 is 1.97 bits per heavy atom. The predicted molar refractivity (Wildman–Crippen MR) is 115 cm³/mol. The average Bonchev–Trinajstić information content (AvgIpc) is 3.29. The highest BCUT2D eigenvalue weighted by Crippen LogP contribution is 2.39. The van der Waals surface area contributed by atoms with Gasteiger partial charge < -0.3 is 9.09 Å². The SMILES string of the molecule is Cc1noc(C)c1-c1cnc2c(-c3cccnc3)cn(CC3CCC(F)(F)CC3)c2c1. The van der Waals surface area contributed by atoms with E-state index in [2.05, 4.69) is 27.0 Å². The number of nitrogens with zero attached hydrogens (tertiary/aromatic N) is 4. The molecule has 7 heteroatoms. The summed E-state index contributed by atoms with van der Waals surface area (Å²) in [6, 6.07) is 6.02. The molecule has 0 amide bonds. The first kappa shape index (κ1) is 19.8. The van der Waals surface area contributed by atoms with Gasteiger partial charge in [0.25, 0.3) is 0 Å². The predicted octanol–water partition coefficient (Wildman–Crippen LogP) is 6.20. The minimum absolute atomic E-state index is 0.0328. The van der Waals surface area contributed by atoms with Crippen LogP contribution in [0.4, 0.5) is 8.78 Å². The lowest BCUT2D eigenvalue weighted by Crippen LogP contribution is -2.26. The molecular weight excluding hydrogens is 398 g/mol. The van der Waals surface area contributed by atoms with Crippen molar-refractivity contribution in [2.75, 3.05) is 0 Å². The van der Waals surface area contributed by atoms with Crippen LogP contribution in [0.2, 0.25) is 0 Å². The molecule has 0 saturated heterocycles. The molecule has 0 unspecified atom stereocenters. The van der Waals surface area contributed by atoms with Gasteiger partial charge in [0.05, 0.1) is 16.7 Å². The normalized spacial score (nSPS) is 16.8.